The molecule has 1 aliphatic heterocycles. The van der Waals surface area contributed by atoms with E-state index in [0.717, 1.165) is 22.5 Å². The summed E-state index contributed by atoms with van der Waals surface area (Å²) in [5.41, 5.74) is 3.75. The van der Waals surface area contributed by atoms with Gasteiger partial charge in [-0.15, -0.1) is 0 Å². The van der Waals surface area contributed by atoms with Crippen molar-refractivity contribution in [3.05, 3.63) is 76.1 Å². The van der Waals surface area contributed by atoms with E-state index < -0.39 is 10.0 Å². The van der Waals surface area contributed by atoms with Gasteiger partial charge < -0.3 is 9.47 Å². The minimum Gasteiger partial charge on any atom is -0.495 e. The van der Waals surface area contributed by atoms with Crippen molar-refractivity contribution in [1.29, 1.82) is 0 Å². The highest BCUT2D eigenvalue weighted by Crippen LogP contribution is 2.33. The molecule has 0 saturated carbocycles. The van der Waals surface area contributed by atoms with E-state index in [4.69, 9.17) is 21.1 Å². The van der Waals surface area contributed by atoms with Crippen molar-refractivity contribution in [1.82, 2.24) is 14.1 Å². The number of aromatic nitrogens is 2. The standard InChI is InChI=1S/C22H24ClN3O4S/c1-25-20-10-11-26(31(27,28)22-12-17(23)8-9-21(22)29-2)13-18(20)19(24-25)15-30-14-16-6-4-3-5-7-16/h3-9,12H,10-11,13-15H2,1-2H3. The SMILES string of the molecule is COc1ccc(Cl)cc1S(=O)(=O)N1CCc2c(c(COCc3ccccc3)nn2C)C1. The predicted octanol–water partition coefficient (Wildman–Crippen LogP) is 3.55. The van der Waals surface area contributed by atoms with Crippen molar-refractivity contribution in [2.24, 2.45) is 7.05 Å². The molecule has 0 N–H and O–H groups in total. The van der Waals surface area contributed by atoms with Crippen molar-refractivity contribution in [2.45, 2.75) is 31.1 Å². The Kier molecular flexibility index (Phi) is 6.34. The first kappa shape index (κ1) is 21.8. The fourth-order valence-corrected chi connectivity index (χ4v) is 5.62. The Morgan fingerprint density at radius 2 is 1.90 bits per heavy atom. The van der Waals surface area contributed by atoms with Crippen molar-refractivity contribution < 1.29 is 17.9 Å². The summed E-state index contributed by atoms with van der Waals surface area (Å²) in [6, 6.07) is 14.5. The maximum atomic E-state index is 13.4. The number of hydrogen-bond donors (Lipinski definition) is 0. The van der Waals surface area contributed by atoms with Crippen molar-refractivity contribution in [3.63, 3.8) is 0 Å². The molecule has 9 heteroatoms. The lowest BCUT2D eigenvalue weighted by molar-refractivity contribution is 0.103. The second-order valence-corrected chi connectivity index (χ2v) is 9.70. The fourth-order valence-electron chi connectivity index (χ4n) is 3.80. The molecule has 0 spiro atoms. The van der Waals surface area contributed by atoms with Crippen LogP contribution in [0.15, 0.2) is 53.4 Å². The molecule has 164 valence electrons. The molecule has 0 atom stereocenters. The highest BCUT2D eigenvalue weighted by atomic mass is 35.5. The molecule has 0 radical (unpaired) electrons. The summed E-state index contributed by atoms with van der Waals surface area (Å²) in [5.74, 6) is 0.271. The summed E-state index contributed by atoms with van der Waals surface area (Å²) < 4.78 is 41.2. The molecule has 4 rings (SSSR count). The van der Waals surface area contributed by atoms with E-state index in [-0.39, 0.29) is 17.2 Å². The lowest BCUT2D eigenvalue weighted by atomic mass is 10.1. The number of hydrogen-bond acceptors (Lipinski definition) is 5. The van der Waals surface area contributed by atoms with Gasteiger partial charge in [-0.25, -0.2) is 8.42 Å². The van der Waals surface area contributed by atoms with Gasteiger partial charge in [0.1, 0.15) is 10.6 Å². The van der Waals surface area contributed by atoms with Crippen molar-refractivity contribution in [2.75, 3.05) is 13.7 Å². The third-order valence-electron chi connectivity index (χ3n) is 5.38. The third-order valence-corrected chi connectivity index (χ3v) is 7.49. The Labute approximate surface area is 187 Å². The normalized spacial score (nSPS) is 14.4. The molecule has 0 unspecified atom stereocenters. The lowest BCUT2D eigenvalue weighted by Gasteiger charge is -2.27. The molecule has 31 heavy (non-hydrogen) atoms. The summed E-state index contributed by atoms with van der Waals surface area (Å²) in [6.45, 7) is 1.36. The molecule has 3 aromatic rings. The summed E-state index contributed by atoms with van der Waals surface area (Å²) in [5, 5.41) is 4.93. The summed E-state index contributed by atoms with van der Waals surface area (Å²) in [4.78, 5) is 0.0664. The Bertz CT molecular complexity index is 1180. The molecule has 2 aromatic carbocycles. The van der Waals surface area contributed by atoms with Crippen LogP contribution in [0.3, 0.4) is 0 Å². The Morgan fingerprint density at radius 3 is 2.65 bits per heavy atom. The second kappa shape index (κ2) is 9.00. The summed E-state index contributed by atoms with van der Waals surface area (Å²) >= 11 is 6.07. The number of ether oxygens (including phenoxy) is 2. The van der Waals surface area contributed by atoms with Crippen LogP contribution in [-0.4, -0.2) is 36.2 Å². The largest absolute Gasteiger partial charge is 0.495 e. The smallest absolute Gasteiger partial charge is 0.247 e. The molecule has 0 saturated heterocycles. The molecule has 1 aromatic heterocycles. The highest BCUT2D eigenvalue weighted by molar-refractivity contribution is 7.89. The van der Waals surface area contributed by atoms with Gasteiger partial charge in [0.25, 0.3) is 0 Å². The number of rotatable bonds is 7. The van der Waals surface area contributed by atoms with Crippen LogP contribution < -0.4 is 4.74 Å². The third kappa shape index (κ3) is 4.48. The van der Waals surface area contributed by atoms with Crippen LogP contribution in [-0.2, 0) is 48.0 Å². The molecule has 0 aliphatic carbocycles. The van der Waals surface area contributed by atoms with Gasteiger partial charge in [0.05, 0.1) is 26.0 Å². The van der Waals surface area contributed by atoms with E-state index in [1.54, 1.807) is 12.1 Å². The number of halogens is 1. The van der Waals surface area contributed by atoms with Gasteiger partial charge in [0.2, 0.25) is 10.0 Å². The first-order valence-electron chi connectivity index (χ1n) is 9.89. The van der Waals surface area contributed by atoms with Gasteiger partial charge in [-0.2, -0.15) is 9.40 Å². The highest BCUT2D eigenvalue weighted by Gasteiger charge is 2.33. The van der Waals surface area contributed by atoms with Crippen LogP contribution in [0.25, 0.3) is 0 Å². The predicted molar refractivity (Wildman–Crippen MR) is 117 cm³/mol. The minimum atomic E-state index is -3.79. The molecule has 0 bridgehead atoms. The zero-order valence-electron chi connectivity index (χ0n) is 17.4. The Balaban J connectivity index is 1.56. The number of fused-ring (bicyclic) bond motifs is 1. The number of aryl methyl sites for hydroxylation is 1. The van der Waals surface area contributed by atoms with Gasteiger partial charge in [-0.3, -0.25) is 4.68 Å². The van der Waals surface area contributed by atoms with Crippen LogP contribution in [0.4, 0.5) is 0 Å². The minimum absolute atomic E-state index is 0.0664. The second-order valence-electron chi connectivity index (χ2n) is 7.36. The van der Waals surface area contributed by atoms with E-state index in [1.165, 1.54) is 17.5 Å². The molecule has 0 fully saturated rings. The van der Waals surface area contributed by atoms with Gasteiger partial charge in [0, 0.05) is 42.8 Å². The van der Waals surface area contributed by atoms with Gasteiger partial charge in [0.15, 0.2) is 0 Å². The van der Waals surface area contributed by atoms with Crippen LogP contribution in [0.2, 0.25) is 5.02 Å². The number of benzene rings is 2. The van der Waals surface area contributed by atoms with E-state index in [9.17, 15) is 8.42 Å². The molecular weight excluding hydrogens is 438 g/mol. The van der Waals surface area contributed by atoms with Crippen LogP contribution in [0, 0.1) is 0 Å². The summed E-state index contributed by atoms with van der Waals surface area (Å²) in [6.07, 6.45) is 0.569. The van der Waals surface area contributed by atoms with E-state index in [1.807, 2.05) is 42.1 Å². The molecule has 0 amide bonds. The average Bonchev–Trinajstić information content (AvgIpc) is 3.09. The Morgan fingerprint density at radius 1 is 1.13 bits per heavy atom. The maximum absolute atomic E-state index is 13.4. The average molecular weight is 462 g/mol. The quantitative estimate of drug-likeness (QED) is 0.538. The van der Waals surface area contributed by atoms with Gasteiger partial charge >= 0.3 is 0 Å². The molecule has 1 aliphatic rings. The molecule has 7 nitrogen and oxygen atoms in total. The number of methoxy groups -OCH3 is 1. The van der Waals surface area contributed by atoms with E-state index in [2.05, 4.69) is 5.10 Å². The van der Waals surface area contributed by atoms with Crippen LogP contribution >= 0.6 is 11.6 Å². The van der Waals surface area contributed by atoms with Crippen molar-refractivity contribution in [3.8, 4) is 5.75 Å². The Hall–Kier alpha value is -2.39. The van der Waals surface area contributed by atoms with Gasteiger partial charge in [-0.1, -0.05) is 41.9 Å². The number of nitrogens with zero attached hydrogens (tertiary/aromatic N) is 3. The first-order chi connectivity index (χ1) is 14.9. The zero-order valence-corrected chi connectivity index (χ0v) is 19.0. The molecular formula is C22H24ClN3O4S. The van der Waals surface area contributed by atoms with Crippen LogP contribution in [0.5, 0.6) is 5.75 Å². The monoisotopic (exact) mass is 461 g/mol. The zero-order chi connectivity index (χ0) is 22.0. The number of sulfonamides is 1. The molecule has 2 heterocycles. The van der Waals surface area contributed by atoms with Crippen LogP contribution in [0.1, 0.15) is 22.5 Å². The van der Waals surface area contributed by atoms with E-state index in [0.29, 0.717) is 31.2 Å². The summed E-state index contributed by atoms with van der Waals surface area (Å²) in [7, 11) is -0.472. The maximum Gasteiger partial charge on any atom is 0.247 e. The van der Waals surface area contributed by atoms with E-state index >= 15 is 0 Å². The van der Waals surface area contributed by atoms with Crippen molar-refractivity contribution >= 4 is 21.6 Å². The first-order valence-corrected chi connectivity index (χ1v) is 11.7. The van der Waals surface area contributed by atoms with Gasteiger partial charge in [-0.05, 0) is 23.8 Å². The lowest BCUT2D eigenvalue weighted by Crippen LogP contribution is -2.36. The topological polar surface area (TPSA) is 73.7 Å². The fraction of sp³-hybridized carbons (Fsp3) is 0.318.